The number of ether oxygens (including phenoxy) is 2. The molecule has 0 bridgehead atoms. The minimum atomic E-state index is -0.156. The van der Waals surface area contributed by atoms with E-state index in [-0.39, 0.29) is 23.8 Å². The summed E-state index contributed by atoms with van der Waals surface area (Å²) in [5.74, 6) is 1.67. The summed E-state index contributed by atoms with van der Waals surface area (Å²) < 4.78 is 11.6. The number of fused-ring (bicyclic) bond motifs is 1. The smallest absolute Gasteiger partial charge is 0.261 e. The number of nitrogens with one attached hydrogen (secondary N) is 2. The maximum atomic E-state index is 12.8. The van der Waals surface area contributed by atoms with Gasteiger partial charge in [-0.3, -0.25) is 9.59 Å². The van der Waals surface area contributed by atoms with Gasteiger partial charge in [-0.1, -0.05) is 0 Å². The predicted molar refractivity (Wildman–Crippen MR) is 113 cm³/mol. The van der Waals surface area contributed by atoms with E-state index in [1.165, 1.54) is 11.3 Å². The Morgan fingerprint density at radius 3 is 2.79 bits per heavy atom. The Bertz CT molecular complexity index is 949. The second kappa shape index (κ2) is 8.06. The molecule has 1 atom stereocenters. The molecule has 1 aliphatic heterocycles. The maximum Gasteiger partial charge on any atom is 0.261 e. The Morgan fingerprint density at radius 1 is 1.28 bits per heavy atom. The van der Waals surface area contributed by atoms with Crippen molar-refractivity contribution >= 4 is 28.2 Å². The van der Waals surface area contributed by atoms with Gasteiger partial charge in [-0.15, -0.1) is 11.3 Å². The van der Waals surface area contributed by atoms with Crippen molar-refractivity contribution in [3.05, 3.63) is 39.8 Å². The number of thiophene rings is 1. The highest BCUT2D eigenvalue weighted by atomic mass is 32.1. The van der Waals surface area contributed by atoms with Crippen LogP contribution in [0, 0.1) is 12.8 Å². The molecule has 2 N–H and O–H groups in total. The zero-order valence-electron chi connectivity index (χ0n) is 17.0. The van der Waals surface area contributed by atoms with Crippen molar-refractivity contribution in [2.24, 2.45) is 5.92 Å². The molecule has 29 heavy (non-hydrogen) atoms. The molecule has 154 valence electrons. The molecular formula is C22H26N2O4S. The lowest BCUT2D eigenvalue weighted by Gasteiger charge is -2.13. The van der Waals surface area contributed by atoms with Crippen LogP contribution in [0.25, 0.3) is 0 Å². The van der Waals surface area contributed by atoms with E-state index in [0.29, 0.717) is 18.0 Å². The molecule has 1 saturated carbocycles. The molecule has 1 aromatic heterocycles. The van der Waals surface area contributed by atoms with Crippen LogP contribution in [0.5, 0.6) is 11.5 Å². The first-order chi connectivity index (χ1) is 13.9. The van der Waals surface area contributed by atoms with E-state index in [2.05, 4.69) is 10.6 Å². The number of carbonyl (C=O) groups is 2. The highest BCUT2D eigenvalue weighted by Crippen LogP contribution is 2.36. The average Bonchev–Trinajstić information content (AvgIpc) is 3.38. The van der Waals surface area contributed by atoms with E-state index in [1.807, 2.05) is 39.0 Å². The minimum absolute atomic E-state index is 0.0481. The Kier molecular flexibility index (Phi) is 5.50. The number of anilines is 1. The van der Waals surface area contributed by atoms with Crippen molar-refractivity contribution in [1.29, 1.82) is 0 Å². The van der Waals surface area contributed by atoms with E-state index in [1.54, 1.807) is 0 Å². The van der Waals surface area contributed by atoms with Crippen LogP contribution in [0.1, 0.15) is 53.1 Å². The quantitative estimate of drug-likeness (QED) is 0.716. The molecule has 2 aromatic rings. The fourth-order valence-electron chi connectivity index (χ4n) is 3.50. The number of carbonyl (C=O) groups excluding carboxylic acids is 2. The summed E-state index contributed by atoms with van der Waals surface area (Å²) in [6.07, 6.45) is 2.93. The van der Waals surface area contributed by atoms with Crippen LogP contribution in [0.2, 0.25) is 0 Å². The molecule has 2 aliphatic rings. The first-order valence-corrected chi connectivity index (χ1v) is 10.9. The highest BCUT2D eigenvalue weighted by molar-refractivity contribution is 7.18. The number of rotatable bonds is 7. The molecule has 4 rings (SSSR count). The molecule has 2 amide bonds. The van der Waals surface area contributed by atoms with E-state index in [4.69, 9.17) is 9.47 Å². The summed E-state index contributed by atoms with van der Waals surface area (Å²) in [5, 5.41) is 6.62. The van der Waals surface area contributed by atoms with Gasteiger partial charge in [-0.05, 0) is 57.4 Å². The Hall–Kier alpha value is -2.54. The number of benzene rings is 1. The predicted octanol–water partition coefficient (Wildman–Crippen LogP) is 4.06. The fourth-order valence-corrected chi connectivity index (χ4v) is 4.50. The van der Waals surface area contributed by atoms with Crippen molar-refractivity contribution < 1.29 is 19.1 Å². The van der Waals surface area contributed by atoms with Gasteiger partial charge in [0, 0.05) is 30.0 Å². The number of aryl methyl sites for hydroxylation is 1. The van der Waals surface area contributed by atoms with Crippen LogP contribution in [0.3, 0.4) is 0 Å². The Labute approximate surface area is 174 Å². The molecule has 0 radical (unpaired) electrons. The Balaban J connectivity index is 1.45. The topological polar surface area (TPSA) is 76.7 Å². The van der Waals surface area contributed by atoms with Crippen LogP contribution in [0.4, 0.5) is 5.00 Å². The van der Waals surface area contributed by atoms with Crippen molar-refractivity contribution in [2.45, 2.75) is 52.7 Å². The lowest BCUT2D eigenvalue weighted by Crippen LogP contribution is -2.23. The van der Waals surface area contributed by atoms with Crippen LogP contribution in [-0.4, -0.2) is 24.5 Å². The first-order valence-electron chi connectivity index (χ1n) is 10.1. The summed E-state index contributed by atoms with van der Waals surface area (Å²) >= 11 is 1.31. The van der Waals surface area contributed by atoms with Crippen molar-refractivity contribution in [3.63, 3.8) is 0 Å². The molecule has 2 heterocycles. The fraction of sp³-hybridized carbons (Fsp3) is 0.455. The van der Waals surface area contributed by atoms with Crippen LogP contribution in [-0.2, 0) is 17.8 Å². The third-order valence-corrected chi connectivity index (χ3v) is 6.29. The molecule has 1 aliphatic carbocycles. The van der Waals surface area contributed by atoms with Gasteiger partial charge >= 0.3 is 0 Å². The number of hydrogen-bond donors (Lipinski definition) is 2. The zero-order chi connectivity index (χ0) is 20.5. The van der Waals surface area contributed by atoms with Gasteiger partial charge < -0.3 is 20.1 Å². The van der Waals surface area contributed by atoms with Gasteiger partial charge in [0.1, 0.15) is 17.6 Å². The summed E-state index contributed by atoms with van der Waals surface area (Å²) in [4.78, 5) is 25.3. The lowest BCUT2D eigenvalue weighted by atomic mass is 10.1. The lowest BCUT2D eigenvalue weighted by molar-refractivity contribution is -0.117. The first kappa shape index (κ1) is 19.8. The second-order valence-electron chi connectivity index (χ2n) is 7.70. The molecule has 7 heteroatoms. The number of amides is 2. The monoisotopic (exact) mass is 414 g/mol. The molecular weight excluding hydrogens is 388 g/mol. The normalized spacial score (nSPS) is 17.4. The van der Waals surface area contributed by atoms with Crippen LogP contribution in [0.15, 0.2) is 18.2 Å². The number of hydrogen-bond acceptors (Lipinski definition) is 5. The molecule has 1 aromatic carbocycles. The van der Waals surface area contributed by atoms with E-state index < -0.39 is 0 Å². The summed E-state index contributed by atoms with van der Waals surface area (Å²) in [5.41, 5.74) is 2.89. The van der Waals surface area contributed by atoms with Crippen LogP contribution >= 0.6 is 11.3 Å². The molecule has 1 fully saturated rings. The molecule has 0 saturated heterocycles. The standard InChI is InChI=1S/C22H26N2O4S/c1-4-27-17-9-15-8-13(3)28-18(15)10-16(17)11-23-22(26)20-12(2)7-19(29-20)24-21(25)14-5-6-14/h7,9-10,13-14H,4-6,8,11H2,1-3H3,(H,23,26)(H,24,25). The third-order valence-electron chi connectivity index (χ3n) is 5.14. The maximum absolute atomic E-state index is 12.8. The molecule has 0 spiro atoms. The molecule has 6 nitrogen and oxygen atoms in total. The third kappa shape index (κ3) is 4.40. The summed E-state index contributed by atoms with van der Waals surface area (Å²) in [7, 11) is 0. The van der Waals surface area contributed by atoms with Gasteiger partial charge in [0.05, 0.1) is 16.5 Å². The van der Waals surface area contributed by atoms with E-state index in [9.17, 15) is 9.59 Å². The van der Waals surface area contributed by atoms with Gasteiger partial charge in [-0.25, -0.2) is 0 Å². The highest BCUT2D eigenvalue weighted by Gasteiger charge is 2.30. The SMILES string of the molecule is CCOc1cc2c(cc1CNC(=O)c1sc(NC(=O)C3CC3)cc1C)OC(C)C2. The minimum Gasteiger partial charge on any atom is -0.494 e. The van der Waals surface area contributed by atoms with Gasteiger partial charge in [0.25, 0.3) is 5.91 Å². The van der Waals surface area contributed by atoms with E-state index in [0.717, 1.165) is 52.5 Å². The molecule has 1 unspecified atom stereocenters. The second-order valence-corrected chi connectivity index (χ2v) is 8.75. The van der Waals surface area contributed by atoms with Crippen molar-refractivity contribution in [2.75, 3.05) is 11.9 Å². The largest absolute Gasteiger partial charge is 0.494 e. The van der Waals surface area contributed by atoms with Gasteiger partial charge in [0.2, 0.25) is 5.91 Å². The van der Waals surface area contributed by atoms with Gasteiger partial charge in [0.15, 0.2) is 0 Å². The summed E-state index contributed by atoms with van der Waals surface area (Å²) in [6, 6.07) is 5.84. The Morgan fingerprint density at radius 2 is 2.07 bits per heavy atom. The van der Waals surface area contributed by atoms with Crippen LogP contribution < -0.4 is 20.1 Å². The average molecular weight is 415 g/mol. The van der Waals surface area contributed by atoms with Crippen molar-refractivity contribution in [1.82, 2.24) is 5.32 Å². The summed E-state index contributed by atoms with van der Waals surface area (Å²) in [6.45, 7) is 6.78. The van der Waals surface area contributed by atoms with Gasteiger partial charge in [-0.2, -0.15) is 0 Å². The van der Waals surface area contributed by atoms with Crippen molar-refractivity contribution in [3.8, 4) is 11.5 Å². The zero-order valence-corrected chi connectivity index (χ0v) is 17.8. The van der Waals surface area contributed by atoms with E-state index >= 15 is 0 Å².